The van der Waals surface area contributed by atoms with Gasteiger partial charge in [0.2, 0.25) is 0 Å². The number of hydrogen-bond acceptors (Lipinski definition) is 2. The minimum atomic E-state index is 0.656. The molecule has 0 aliphatic heterocycles. The molecule has 2 saturated carbocycles. The molecule has 2 heteroatoms. The maximum absolute atomic E-state index is 3.65. The summed E-state index contributed by atoms with van der Waals surface area (Å²) >= 11 is 0. The normalized spacial score (nSPS) is 36.4. The second-order valence-corrected chi connectivity index (χ2v) is 5.91. The average molecular weight is 210 g/mol. The Morgan fingerprint density at radius 3 is 2.60 bits per heavy atom. The third-order valence-corrected chi connectivity index (χ3v) is 4.61. The molecule has 88 valence electrons. The van der Waals surface area contributed by atoms with Crippen molar-refractivity contribution >= 4 is 0 Å². The van der Waals surface area contributed by atoms with Gasteiger partial charge in [-0.05, 0) is 64.6 Å². The van der Waals surface area contributed by atoms with Crippen LogP contribution < -0.4 is 5.32 Å². The Labute approximate surface area is 94.4 Å². The maximum Gasteiger partial charge on any atom is 0.0186 e. The molecule has 0 aromatic carbocycles. The Kier molecular flexibility index (Phi) is 3.68. The van der Waals surface area contributed by atoms with Crippen LogP contribution in [0.3, 0.4) is 0 Å². The Bertz CT molecular complexity index is 203. The molecule has 0 heterocycles. The van der Waals surface area contributed by atoms with E-state index in [9.17, 15) is 0 Å². The van der Waals surface area contributed by atoms with E-state index in [-0.39, 0.29) is 0 Å². The third-order valence-electron chi connectivity index (χ3n) is 4.61. The standard InChI is InChI=1S/C13H26N2/c1-10(15(2)3)8-14-9-13-7-11-4-5-12(13)6-11/h10-14H,4-9H2,1-3H3. The zero-order valence-corrected chi connectivity index (χ0v) is 10.5. The number of nitrogens with zero attached hydrogens (tertiary/aromatic N) is 1. The topological polar surface area (TPSA) is 15.3 Å². The fraction of sp³-hybridized carbons (Fsp3) is 1.00. The molecule has 1 N–H and O–H groups in total. The molecule has 4 atom stereocenters. The molecule has 15 heavy (non-hydrogen) atoms. The summed E-state index contributed by atoms with van der Waals surface area (Å²) in [5.74, 6) is 3.16. The van der Waals surface area contributed by atoms with Gasteiger partial charge in [0, 0.05) is 12.6 Å². The van der Waals surface area contributed by atoms with E-state index >= 15 is 0 Å². The lowest BCUT2D eigenvalue weighted by Crippen LogP contribution is -2.38. The first-order chi connectivity index (χ1) is 7.16. The summed E-state index contributed by atoms with van der Waals surface area (Å²) in [7, 11) is 4.31. The Morgan fingerprint density at radius 1 is 1.27 bits per heavy atom. The molecule has 2 nitrogen and oxygen atoms in total. The molecule has 2 bridgehead atoms. The van der Waals surface area contributed by atoms with Crippen LogP contribution in [-0.2, 0) is 0 Å². The third kappa shape index (κ3) is 2.73. The highest BCUT2D eigenvalue weighted by molar-refractivity contribution is 4.90. The highest BCUT2D eigenvalue weighted by Gasteiger charge is 2.38. The Hall–Kier alpha value is -0.0800. The predicted molar refractivity (Wildman–Crippen MR) is 65.0 cm³/mol. The lowest BCUT2D eigenvalue weighted by Gasteiger charge is -2.25. The van der Waals surface area contributed by atoms with Crippen LogP contribution in [0.2, 0.25) is 0 Å². The van der Waals surface area contributed by atoms with Crippen LogP contribution in [0, 0.1) is 17.8 Å². The zero-order chi connectivity index (χ0) is 10.8. The maximum atomic E-state index is 3.65. The molecule has 0 aromatic rings. The van der Waals surface area contributed by atoms with Crippen LogP contribution in [0.4, 0.5) is 0 Å². The van der Waals surface area contributed by atoms with E-state index in [2.05, 4.69) is 31.2 Å². The number of fused-ring (bicyclic) bond motifs is 2. The monoisotopic (exact) mass is 210 g/mol. The van der Waals surface area contributed by atoms with Crippen molar-refractivity contribution in [1.82, 2.24) is 10.2 Å². The first kappa shape index (κ1) is 11.4. The van der Waals surface area contributed by atoms with E-state index in [0.29, 0.717) is 6.04 Å². The van der Waals surface area contributed by atoms with Crippen LogP contribution >= 0.6 is 0 Å². The van der Waals surface area contributed by atoms with Crippen LogP contribution in [-0.4, -0.2) is 38.1 Å². The van der Waals surface area contributed by atoms with Gasteiger partial charge in [-0.15, -0.1) is 0 Å². The van der Waals surface area contributed by atoms with Gasteiger partial charge >= 0.3 is 0 Å². The molecule has 0 amide bonds. The van der Waals surface area contributed by atoms with Crippen molar-refractivity contribution in [2.75, 3.05) is 27.2 Å². The molecule has 2 fully saturated rings. The van der Waals surface area contributed by atoms with E-state index in [4.69, 9.17) is 0 Å². The fourth-order valence-electron chi connectivity index (χ4n) is 3.29. The van der Waals surface area contributed by atoms with Crippen molar-refractivity contribution in [3.05, 3.63) is 0 Å². The van der Waals surface area contributed by atoms with Gasteiger partial charge in [0.05, 0.1) is 0 Å². The summed E-state index contributed by atoms with van der Waals surface area (Å²) in [4.78, 5) is 2.29. The summed E-state index contributed by atoms with van der Waals surface area (Å²) in [5.41, 5.74) is 0. The number of nitrogens with one attached hydrogen (secondary N) is 1. The summed E-state index contributed by atoms with van der Waals surface area (Å²) in [6, 6.07) is 0.656. The molecule has 0 saturated heterocycles. The molecule has 2 aliphatic rings. The van der Waals surface area contributed by atoms with Gasteiger partial charge < -0.3 is 10.2 Å². The van der Waals surface area contributed by atoms with Gasteiger partial charge in [-0.25, -0.2) is 0 Å². The molecule has 2 rings (SSSR count). The summed E-state index contributed by atoms with van der Waals surface area (Å²) in [6.07, 6.45) is 6.08. The van der Waals surface area contributed by atoms with E-state index in [1.54, 1.807) is 0 Å². The molecular formula is C13H26N2. The second-order valence-electron chi connectivity index (χ2n) is 5.91. The van der Waals surface area contributed by atoms with Crippen LogP contribution in [0.1, 0.15) is 32.6 Å². The fourth-order valence-corrected chi connectivity index (χ4v) is 3.29. The van der Waals surface area contributed by atoms with Crippen LogP contribution in [0.15, 0.2) is 0 Å². The molecular weight excluding hydrogens is 184 g/mol. The average Bonchev–Trinajstić information content (AvgIpc) is 2.78. The Balaban J connectivity index is 1.62. The van der Waals surface area contributed by atoms with Crippen LogP contribution in [0.5, 0.6) is 0 Å². The van der Waals surface area contributed by atoms with Crippen molar-refractivity contribution < 1.29 is 0 Å². The number of likely N-dealkylation sites (N-methyl/N-ethyl adjacent to an activating group) is 1. The molecule has 2 aliphatic carbocycles. The second kappa shape index (κ2) is 4.84. The highest BCUT2D eigenvalue weighted by atomic mass is 15.1. The lowest BCUT2D eigenvalue weighted by molar-refractivity contribution is 0.276. The van der Waals surface area contributed by atoms with E-state index in [1.807, 2.05) is 0 Å². The van der Waals surface area contributed by atoms with Crippen molar-refractivity contribution in [3.63, 3.8) is 0 Å². The number of hydrogen-bond donors (Lipinski definition) is 1. The Morgan fingerprint density at radius 2 is 2.07 bits per heavy atom. The first-order valence-electron chi connectivity index (χ1n) is 6.54. The van der Waals surface area contributed by atoms with Crippen molar-refractivity contribution in [2.24, 2.45) is 17.8 Å². The summed E-state index contributed by atoms with van der Waals surface area (Å²) < 4.78 is 0. The quantitative estimate of drug-likeness (QED) is 0.746. The van der Waals surface area contributed by atoms with Crippen molar-refractivity contribution in [1.29, 1.82) is 0 Å². The lowest BCUT2D eigenvalue weighted by atomic mass is 9.89. The minimum absolute atomic E-state index is 0.656. The first-order valence-corrected chi connectivity index (χ1v) is 6.54. The van der Waals surface area contributed by atoms with Crippen LogP contribution in [0.25, 0.3) is 0 Å². The van der Waals surface area contributed by atoms with E-state index in [0.717, 1.165) is 24.3 Å². The zero-order valence-electron chi connectivity index (χ0n) is 10.5. The van der Waals surface area contributed by atoms with Gasteiger partial charge in [-0.1, -0.05) is 6.42 Å². The van der Waals surface area contributed by atoms with Gasteiger partial charge in [-0.3, -0.25) is 0 Å². The summed E-state index contributed by atoms with van der Waals surface area (Å²) in [6.45, 7) is 4.69. The molecule has 0 radical (unpaired) electrons. The van der Waals surface area contributed by atoms with Gasteiger partial charge in [-0.2, -0.15) is 0 Å². The highest BCUT2D eigenvalue weighted by Crippen LogP contribution is 2.47. The molecule has 4 unspecified atom stereocenters. The molecule has 0 aromatic heterocycles. The predicted octanol–water partition coefficient (Wildman–Crippen LogP) is 1.96. The SMILES string of the molecule is CC(CNCC1CC2CCC1C2)N(C)C. The number of rotatable bonds is 5. The van der Waals surface area contributed by atoms with E-state index < -0.39 is 0 Å². The largest absolute Gasteiger partial charge is 0.315 e. The van der Waals surface area contributed by atoms with E-state index in [1.165, 1.54) is 32.2 Å². The van der Waals surface area contributed by atoms with Crippen molar-refractivity contribution in [3.8, 4) is 0 Å². The van der Waals surface area contributed by atoms with Gasteiger partial charge in [0.1, 0.15) is 0 Å². The van der Waals surface area contributed by atoms with Gasteiger partial charge in [0.25, 0.3) is 0 Å². The smallest absolute Gasteiger partial charge is 0.0186 e. The van der Waals surface area contributed by atoms with Crippen molar-refractivity contribution in [2.45, 2.75) is 38.6 Å². The minimum Gasteiger partial charge on any atom is -0.315 e. The molecule has 0 spiro atoms. The summed E-state index contributed by atoms with van der Waals surface area (Å²) in [5, 5.41) is 3.65. The van der Waals surface area contributed by atoms with Gasteiger partial charge in [0.15, 0.2) is 0 Å².